The highest BCUT2D eigenvalue weighted by Crippen LogP contribution is 2.13. The molecule has 0 saturated carbocycles. The summed E-state index contributed by atoms with van der Waals surface area (Å²) in [5, 5.41) is 8.81. The van der Waals surface area contributed by atoms with Crippen LogP contribution in [0.3, 0.4) is 0 Å². The van der Waals surface area contributed by atoms with Crippen LogP contribution in [0, 0.1) is 5.82 Å². The second-order valence-electron chi connectivity index (χ2n) is 6.22. The van der Waals surface area contributed by atoms with Crippen LogP contribution in [0.1, 0.15) is 25.3 Å². The van der Waals surface area contributed by atoms with Gasteiger partial charge in [-0.3, -0.25) is 14.4 Å². The number of hydrazone groups is 1. The third-order valence-corrected chi connectivity index (χ3v) is 3.76. The second-order valence-corrected chi connectivity index (χ2v) is 6.22. The van der Waals surface area contributed by atoms with Gasteiger partial charge >= 0.3 is 11.8 Å². The molecular formula is C21H23FN4O4. The first-order valence-corrected chi connectivity index (χ1v) is 9.37. The largest absolute Gasteiger partial charge is 0.484 e. The second kappa shape index (κ2) is 11.9. The Kier molecular flexibility index (Phi) is 8.98. The number of amides is 3. The minimum Gasteiger partial charge on any atom is -0.484 e. The molecule has 0 aliphatic carbocycles. The summed E-state index contributed by atoms with van der Waals surface area (Å²) >= 11 is 0. The number of nitrogens with zero attached hydrogens (tertiary/aromatic N) is 1. The molecule has 0 fully saturated rings. The molecule has 0 bridgehead atoms. The van der Waals surface area contributed by atoms with E-state index in [1.54, 1.807) is 24.3 Å². The third kappa shape index (κ3) is 8.09. The van der Waals surface area contributed by atoms with Crippen molar-refractivity contribution in [3.63, 3.8) is 0 Å². The summed E-state index contributed by atoms with van der Waals surface area (Å²) < 4.78 is 18.3. The standard InChI is InChI=1S/C21H23FN4O4/c1-2-3-11-23-20(28)21(29)26-24-13-15-5-4-6-18(12-15)30-14-19(27)25-17-9-7-16(22)8-10-17/h4-10,12-13H,2-3,11,14H2,1H3,(H,23,28)(H,25,27)(H,26,29)/b24-13-. The maximum Gasteiger partial charge on any atom is 0.329 e. The van der Waals surface area contributed by atoms with Crippen molar-refractivity contribution in [1.82, 2.24) is 10.7 Å². The predicted octanol–water partition coefficient (Wildman–Crippen LogP) is 2.21. The zero-order valence-corrected chi connectivity index (χ0v) is 16.5. The van der Waals surface area contributed by atoms with E-state index in [1.807, 2.05) is 6.92 Å². The molecule has 0 aromatic heterocycles. The number of unbranched alkanes of at least 4 members (excludes halogenated alkanes) is 1. The van der Waals surface area contributed by atoms with Gasteiger partial charge in [-0.1, -0.05) is 25.5 Å². The van der Waals surface area contributed by atoms with Gasteiger partial charge in [0.1, 0.15) is 11.6 Å². The molecule has 0 unspecified atom stereocenters. The molecule has 30 heavy (non-hydrogen) atoms. The van der Waals surface area contributed by atoms with E-state index in [2.05, 4.69) is 21.2 Å². The van der Waals surface area contributed by atoms with Gasteiger partial charge in [-0.25, -0.2) is 9.82 Å². The number of hydrogen-bond donors (Lipinski definition) is 3. The van der Waals surface area contributed by atoms with E-state index in [0.29, 0.717) is 23.5 Å². The van der Waals surface area contributed by atoms with Gasteiger partial charge in [-0.05, 0) is 48.4 Å². The smallest absolute Gasteiger partial charge is 0.329 e. The maximum atomic E-state index is 12.9. The Bertz CT molecular complexity index is 900. The number of ether oxygens (including phenoxy) is 1. The van der Waals surface area contributed by atoms with Gasteiger partial charge in [0.15, 0.2) is 6.61 Å². The number of hydrogen-bond acceptors (Lipinski definition) is 5. The number of rotatable bonds is 9. The first-order valence-electron chi connectivity index (χ1n) is 9.37. The fourth-order valence-corrected chi connectivity index (χ4v) is 2.24. The Hall–Kier alpha value is -3.75. The molecule has 0 radical (unpaired) electrons. The van der Waals surface area contributed by atoms with Crippen LogP contribution in [0.15, 0.2) is 53.6 Å². The van der Waals surface area contributed by atoms with E-state index in [9.17, 15) is 18.8 Å². The molecule has 2 rings (SSSR count). The molecule has 0 aliphatic heterocycles. The van der Waals surface area contributed by atoms with Crippen LogP contribution in [0.5, 0.6) is 5.75 Å². The van der Waals surface area contributed by atoms with Gasteiger partial charge in [0.25, 0.3) is 5.91 Å². The predicted molar refractivity (Wildman–Crippen MR) is 111 cm³/mol. The number of anilines is 1. The van der Waals surface area contributed by atoms with Crippen molar-refractivity contribution >= 4 is 29.6 Å². The highest BCUT2D eigenvalue weighted by molar-refractivity contribution is 6.35. The summed E-state index contributed by atoms with van der Waals surface area (Å²) in [5.41, 5.74) is 3.20. The number of halogens is 1. The SMILES string of the molecule is CCCCNC(=O)C(=O)N/N=C\c1cccc(OCC(=O)Nc2ccc(F)cc2)c1. The average molecular weight is 414 g/mol. The number of carbonyl (C=O) groups excluding carboxylic acids is 3. The first kappa shape index (κ1) is 22.5. The molecule has 2 aromatic rings. The average Bonchev–Trinajstić information content (AvgIpc) is 2.74. The highest BCUT2D eigenvalue weighted by Gasteiger charge is 2.11. The molecule has 0 aliphatic rings. The Morgan fingerprint density at radius 1 is 1.10 bits per heavy atom. The van der Waals surface area contributed by atoms with Crippen molar-refractivity contribution in [2.45, 2.75) is 19.8 Å². The van der Waals surface area contributed by atoms with Crippen LogP contribution in [-0.2, 0) is 14.4 Å². The monoisotopic (exact) mass is 414 g/mol. The summed E-state index contributed by atoms with van der Waals surface area (Å²) in [7, 11) is 0. The van der Waals surface area contributed by atoms with Crippen molar-refractivity contribution in [1.29, 1.82) is 0 Å². The topological polar surface area (TPSA) is 109 Å². The Morgan fingerprint density at radius 3 is 2.60 bits per heavy atom. The van der Waals surface area contributed by atoms with E-state index in [0.717, 1.165) is 12.8 Å². The van der Waals surface area contributed by atoms with Crippen LogP contribution < -0.4 is 20.8 Å². The zero-order chi connectivity index (χ0) is 21.8. The van der Waals surface area contributed by atoms with E-state index < -0.39 is 23.5 Å². The Morgan fingerprint density at radius 2 is 1.87 bits per heavy atom. The Labute approximate surface area is 173 Å². The molecule has 0 saturated heterocycles. The molecule has 2 aromatic carbocycles. The van der Waals surface area contributed by atoms with Crippen molar-refractivity contribution < 1.29 is 23.5 Å². The van der Waals surface area contributed by atoms with Gasteiger partial charge in [0, 0.05) is 12.2 Å². The van der Waals surface area contributed by atoms with Crippen molar-refractivity contribution in [3.05, 3.63) is 59.9 Å². The molecule has 3 N–H and O–H groups in total. The zero-order valence-electron chi connectivity index (χ0n) is 16.5. The molecule has 0 atom stereocenters. The lowest BCUT2D eigenvalue weighted by Gasteiger charge is -2.08. The lowest BCUT2D eigenvalue weighted by atomic mass is 10.2. The fourth-order valence-electron chi connectivity index (χ4n) is 2.24. The number of carbonyl (C=O) groups is 3. The number of nitrogens with one attached hydrogen (secondary N) is 3. The maximum absolute atomic E-state index is 12.9. The molecule has 9 heteroatoms. The number of benzene rings is 2. The molecule has 158 valence electrons. The van der Waals surface area contributed by atoms with Crippen molar-refractivity contribution in [2.75, 3.05) is 18.5 Å². The van der Waals surface area contributed by atoms with E-state index >= 15 is 0 Å². The minimum absolute atomic E-state index is 0.243. The summed E-state index contributed by atoms with van der Waals surface area (Å²) in [4.78, 5) is 35.1. The molecule has 0 spiro atoms. The van der Waals surface area contributed by atoms with E-state index in [-0.39, 0.29) is 6.61 Å². The molecule has 0 heterocycles. The van der Waals surface area contributed by atoms with Crippen molar-refractivity contribution in [3.8, 4) is 5.75 Å². The molecule has 3 amide bonds. The van der Waals surface area contributed by atoms with Gasteiger partial charge in [-0.2, -0.15) is 5.10 Å². The van der Waals surface area contributed by atoms with Crippen LogP contribution in [0.25, 0.3) is 0 Å². The van der Waals surface area contributed by atoms with Gasteiger partial charge in [0.2, 0.25) is 0 Å². The lowest BCUT2D eigenvalue weighted by molar-refractivity contribution is -0.139. The Balaban J connectivity index is 1.80. The minimum atomic E-state index is -0.854. The summed E-state index contributed by atoms with van der Waals surface area (Å²) in [5.74, 6) is -1.98. The summed E-state index contributed by atoms with van der Waals surface area (Å²) in [6, 6.07) is 12.0. The quantitative estimate of drug-likeness (QED) is 0.253. The van der Waals surface area contributed by atoms with Gasteiger partial charge in [0.05, 0.1) is 6.21 Å². The summed E-state index contributed by atoms with van der Waals surface area (Å²) in [6.07, 6.45) is 3.05. The normalized spacial score (nSPS) is 10.5. The molecule has 8 nitrogen and oxygen atoms in total. The lowest BCUT2D eigenvalue weighted by Crippen LogP contribution is -2.38. The third-order valence-electron chi connectivity index (χ3n) is 3.76. The van der Waals surface area contributed by atoms with Gasteiger partial charge in [-0.15, -0.1) is 0 Å². The summed E-state index contributed by atoms with van der Waals surface area (Å²) in [6.45, 7) is 2.17. The fraction of sp³-hybridized carbons (Fsp3) is 0.238. The van der Waals surface area contributed by atoms with Crippen molar-refractivity contribution in [2.24, 2.45) is 5.10 Å². The van der Waals surface area contributed by atoms with Crippen LogP contribution in [-0.4, -0.2) is 37.1 Å². The van der Waals surface area contributed by atoms with Gasteiger partial charge < -0.3 is 15.4 Å². The van der Waals surface area contributed by atoms with Crippen LogP contribution in [0.4, 0.5) is 10.1 Å². The van der Waals surface area contributed by atoms with E-state index in [1.165, 1.54) is 30.5 Å². The van der Waals surface area contributed by atoms with Crippen LogP contribution >= 0.6 is 0 Å². The van der Waals surface area contributed by atoms with Crippen LogP contribution in [0.2, 0.25) is 0 Å². The highest BCUT2D eigenvalue weighted by atomic mass is 19.1. The molecular weight excluding hydrogens is 391 g/mol. The van der Waals surface area contributed by atoms with E-state index in [4.69, 9.17) is 4.74 Å². The first-order chi connectivity index (χ1) is 14.5.